The highest BCUT2D eigenvalue weighted by molar-refractivity contribution is 7.89. The number of amides is 1. The molecule has 3 rings (SSSR count). The van der Waals surface area contributed by atoms with Crippen LogP contribution < -0.4 is 14.9 Å². The first kappa shape index (κ1) is 24.4. The molecule has 11 nitrogen and oxygen atoms in total. The van der Waals surface area contributed by atoms with Gasteiger partial charge in [0.1, 0.15) is 11.0 Å². The Bertz CT molecular complexity index is 1260. The van der Waals surface area contributed by atoms with E-state index in [-0.39, 0.29) is 11.2 Å². The van der Waals surface area contributed by atoms with Gasteiger partial charge in [0.2, 0.25) is 16.0 Å². The minimum atomic E-state index is -3.79. The molecular weight excluding hydrogens is 446 g/mol. The molecule has 2 N–H and O–H groups in total. The molecule has 0 aliphatic carbocycles. The van der Waals surface area contributed by atoms with Gasteiger partial charge < -0.3 is 15.0 Å². The Labute approximate surface area is 193 Å². The van der Waals surface area contributed by atoms with Gasteiger partial charge >= 0.3 is 0 Å². The predicted octanol–water partition coefficient (Wildman–Crippen LogP) is 2.06. The maximum atomic E-state index is 12.8. The van der Waals surface area contributed by atoms with Crippen LogP contribution in [0.4, 0.5) is 17.5 Å². The highest BCUT2D eigenvalue weighted by atomic mass is 32.2. The Kier molecular flexibility index (Phi) is 7.49. The Hall–Kier alpha value is -3.25. The molecule has 2 heterocycles. The number of aryl methyl sites for hydroxylation is 1. The topological polar surface area (TPSA) is 131 Å². The first-order valence-electron chi connectivity index (χ1n) is 10.6. The van der Waals surface area contributed by atoms with Crippen LogP contribution in [0.25, 0.3) is 11.0 Å². The smallest absolute Gasteiger partial charge is 0.287 e. The monoisotopic (exact) mass is 475 g/mol. The fourth-order valence-electron chi connectivity index (χ4n) is 3.16. The minimum absolute atomic E-state index is 0.104. The average molecular weight is 476 g/mol. The first-order chi connectivity index (χ1) is 15.6. The van der Waals surface area contributed by atoms with E-state index in [1.54, 1.807) is 4.68 Å². The molecule has 0 unspecified atom stereocenters. The summed E-state index contributed by atoms with van der Waals surface area (Å²) in [6.07, 6.45) is 0.912. The van der Waals surface area contributed by atoms with Crippen molar-refractivity contribution in [2.75, 3.05) is 43.3 Å². The van der Waals surface area contributed by atoms with E-state index < -0.39 is 15.9 Å². The van der Waals surface area contributed by atoms with Crippen molar-refractivity contribution in [3.63, 3.8) is 0 Å². The standard InChI is InChI=1S/C21H29N7O4S/c1-6-27(4)21-23-16-17(20(29)26-33(5,30)31)25-28(11-12-32-7-2)18(16)19(24-21)22-15-10-8-9-14(3)13-15/h8-10,13H,6-7,11-12H2,1-5H3,(H,26,29)(H,22,23,24). The minimum Gasteiger partial charge on any atom is -0.380 e. The van der Waals surface area contributed by atoms with Crippen LogP contribution in [0.3, 0.4) is 0 Å². The molecule has 0 spiro atoms. The van der Waals surface area contributed by atoms with Crippen LogP contribution in [0, 0.1) is 6.92 Å². The summed E-state index contributed by atoms with van der Waals surface area (Å²) in [5, 5.41) is 7.70. The van der Waals surface area contributed by atoms with Gasteiger partial charge in [0, 0.05) is 25.9 Å². The molecule has 0 radical (unpaired) electrons. The number of nitrogens with zero attached hydrogens (tertiary/aromatic N) is 5. The van der Waals surface area contributed by atoms with Crippen molar-refractivity contribution in [3.8, 4) is 0 Å². The van der Waals surface area contributed by atoms with E-state index >= 15 is 0 Å². The van der Waals surface area contributed by atoms with Crippen molar-refractivity contribution < 1.29 is 17.9 Å². The molecule has 0 aliphatic rings. The summed E-state index contributed by atoms with van der Waals surface area (Å²) >= 11 is 0. The normalized spacial score (nSPS) is 11.5. The van der Waals surface area contributed by atoms with Crippen LogP contribution in [-0.4, -0.2) is 67.1 Å². The zero-order chi connectivity index (χ0) is 24.2. The number of benzene rings is 1. The summed E-state index contributed by atoms with van der Waals surface area (Å²) in [7, 11) is -1.96. The average Bonchev–Trinajstić information content (AvgIpc) is 3.11. The number of ether oxygens (including phenoxy) is 1. The third kappa shape index (κ3) is 5.96. The number of anilines is 3. The molecule has 0 aliphatic heterocycles. The number of carbonyl (C=O) groups is 1. The van der Waals surface area contributed by atoms with E-state index in [0.29, 0.717) is 43.6 Å². The fraction of sp³-hybridized carbons (Fsp3) is 0.429. The molecule has 33 heavy (non-hydrogen) atoms. The number of fused-ring (bicyclic) bond motifs is 1. The molecule has 0 saturated heterocycles. The zero-order valence-electron chi connectivity index (χ0n) is 19.4. The summed E-state index contributed by atoms with van der Waals surface area (Å²) in [5.74, 6) is -0.0378. The zero-order valence-corrected chi connectivity index (χ0v) is 20.2. The third-order valence-electron chi connectivity index (χ3n) is 4.82. The van der Waals surface area contributed by atoms with E-state index in [2.05, 4.69) is 20.4 Å². The van der Waals surface area contributed by atoms with Gasteiger partial charge in [-0.25, -0.2) is 18.1 Å². The molecule has 0 bridgehead atoms. The second-order valence-electron chi connectivity index (χ2n) is 7.55. The lowest BCUT2D eigenvalue weighted by Gasteiger charge is -2.17. The fourth-order valence-corrected chi connectivity index (χ4v) is 3.59. The van der Waals surface area contributed by atoms with Crippen LogP contribution in [0.15, 0.2) is 24.3 Å². The summed E-state index contributed by atoms with van der Waals surface area (Å²) in [5.41, 5.74) is 2.48. The molecule has 0 saturated carbocycles. The summed E-state index contributed by atoms with van der Waals surface area (Å²) in [6, 6.07) is 7.78. The van der Waals surface area contributed by atoms with Crippen LogP contribution in [0.1, 0.15) is 29.9 Å². The lowest BCUT2D eigenvalue weighted by molar-refractivity contribution is 0.0975. The number of rotatable bonds is 10. The van der Waals surface area contributed by atoms with Gasteiger partial charge in [0.05, 0.1) is 19.4 Å². The van der Waals surface area contributed by atoms with Crippen LogP contribution in [-0.2, 0) is 21.3 Å². The van der Waals surface area contributed by atoms with Crippen molar-refractivity contribution in [1.82, 2.24) is 24.5 Å². The van der Waals surface area contributed by atoms with E-state index in [0.717, 1.165) is 17.5 Å². The number of aromatic nitrogens is 4. The van der Waals surface area contributed by atoms with Crippen LogP contribution in [0.2, 0.25) is 0 Å². The van der Waals surface area contributed by atoms with Crippen molar-refractivity contribution in [2.45, 2.75) is 27.3 Å². The van der Waals surface area contributed by atoms with Crippen molar-refractivity contribution >= 4 is 44.4 Å². The Morgan fingerprint density at radius 2 is 2.00 bits per heavy atom. The van der Waals surface area contributed by atoms with E-state index in [1.807, 2.05) is 61.7 Å². The van der Waals surface area contributed by atoms with Crippen molar-refractivity contribution in [3.05, 3.63) is 35.5 Å². The van der Waals surface area contributed by atoms with Crippen LogP contribution in [0.5, 0.6) is 0 Å². The van der Waals surface area contributed by atoms with E-state index in [4.69, 9.17) is 4.74 Å². The van der Waals surface area contributed by atoms with E-state index in [9.17, 15) is 13.2 Å². The van der Waals surface area contributed by atoms with Gasteiger partial charge in [-0.1, -0.05) is 12.1 Å². The SMILES string of the molecule is CCOCCn1nc(C(=O)NS(C)(=O)=O)c2nc(N(C)CC)nc(Nc3cccc(C)c3)c21. The molecule has 2 aromatic heterocycles. The second-order valence-corrected chi connectivity index (χ2v) is 9.30. The van der Waals surface area contributed by atoms with E-state index in [1.165, 1.54) is 0 Å². The maximum Gasteiger partial charge on any atom is 0.287 e. The number of carbonyl (C=O) groups excluding carboxylic acids is 1. The summed E-state index contributed by atoms with van der Waals surface area (Å²) in [6.45, 7) is 7.63. The summed E-state index contributed by atoms with van der Waals surface area (Å²) in [4.78, 5) is 23.9. The van der Waals surface area contributed by atoms with Gasteiger partial charge in [0.15, 0.2) is 11.5 Å². The molecular formula is C21H29N7O4S. The van der Waals surface area contributed by atoms with Crippen LogP contribution >= 0.6 is 0 Å². The molecule has 3 aromatic rings. The molecule has 1 amide bonds. The lowest BCUT2D eigenvalue weighted by atomic mass is 10.2. The largest absolute Gasteiger partial charge is 0.380 e. The molecule has 178 valence electrons. The highest BCUT2D eigenvalue weighted by Crippen LogP contribution is 2.29. The molecule has 1 aromatic carbocycles. The van der Waals surface area contributed by atoms with Gasteiger partial charge in [-0.3, -0.25) is 9.48 Å². The van der Waals surface area contributed by atoms with Crippen molar-refractivity contribution in [2.24, 2.45) is 0 Å². The number of hydrogen-bond acceptors (Lipinski definition) is 9. The number of nitrogens with one attached hydrogen (secondary N) is 2. The second kappa shape index (κ2) is 10.1. The van der Waals surface area contributed by atoms with Gasteiger partial charge in [-0.05, 0) is 38.5 Å². The van der Waals surface area contributed by atoms with Gasteiger partial charge in [-0.15, -0.1) is 0 Å². The molecule has 12 heteroatoms. The molecule has 0 atom stereocenters. The quantitative estimate of drug-likeness (QED) is 0.423. The number of hydrogen-bond donors (Lipinski definition) is 2. The Balaban J connectivity index is 2.23. The van der Waals surface area contributed by atoms with Gasteiger partial charge in [0.25, 0.3) is 5.91 Å². The third-order valence-corrected chi connectivity index (χ3v) is 5.37. The predicted molar refractivity (Wildman–Crippen MR) is 128 cm³/mol. The maximum absolute atomic E-state index is 12.8. The lowest BCUT2D eigenvalue weighted by Crippen LogP contribution is -2.30. The Morgan fingerprint density at radius 3 is 2.64 bits per heavy atom. The highest BCUT2D eigenvalue weighted by Gasteiger charge is 2.25. The van der Waals surface area contributed by atoms with Crippen molar-refractivity contribution in [1.29, 1.82) is 0 Å². The summed E-state index contributed by atoms with van der Waals surface area (Å²) < 4.78 is 32.4. The Morgan fingerprint density at radius 1 is 1.24 bits per heavy atom. The first-order valence-corrected chi connectivity index (χ1v) is 12.4. The molecule has 0 fully saturated rings. The number of sulfonamides is 1. The van der Waals surface area contributed by atoms with Gasteiger partial charge in [-0.2, -0.15) is 10.1 Å².